The molecule has 0 unspecified atom stereocenters. The number of hydrogen-bond donors (Lipinski definition) is 0. The van der Waals surface area contributed by atoms with E-state index in [9.17, 15) is 9.18 Å². The van der Waals surface area contributed by atoms with E-state index in [1.807, 2.05) is 0 Å². The number of nitrogens with zero attached hydrogens (tertiary/aromatic N) is 4. The minimum absolute atomic E-state index is 0.0785. The van der Waals surface area contributed by atoms with Crippen LogP contribution in [0.2, 0.25) is 0 Å². The Morgan fingerprint density at radius 1 is 1.46 bits per heavy atom. The Kier molecular flexibility index (Phi) is 5.18. The lowest BCUT2D eigenvalue weighted by molar-refractivity contribution is -0.117. The van der Waals surface area contributed by atoms with Gasteiger partial charge in [-0.25, -0.2) is 9.07 Å². The van der Waals surface area contributed by atoms with Crippen molar-refractivity contribution in [3.63, 3.8) is 0 Å². The molecule has 0 saturated heterocycles. The van der Waals surface area contributed by atoms with Gasteiger partial charge in [0.2, 0.25) is 5.91 Å². The highest BCUT2D eigenvalue weighted by Crippen LogP contribution is 2.43. The van der Waals surface area contributed by atoms with Crippen LogP contribution >= 0.6 is 11.8 Å². The third-order valence-electron chi connectivity index (χ3n) is 4.04. The van der Waals surface area contributed by atoms with Gasteiger partial charge in [-0.15, -0.1) is 0 Å². The highest BCUT2D eigenvalue weighted by molar-refractivity contribution is 7.99. The second-order valence-corrected chi connectivity index (χ2v) is 7.27. The van der Waals surface area contributed by atoms with Gasteiger partial charge >= 0.3 is 0 Å². The lowest BCUT2D eigenvalue weighted by Crippen LogP contribution is -2.27. The average Bonchev–Trinajstić information content (AvgIpc) is 3.33. The van der Waals surface area contributed by atoms with Crippen molar-refractivity contribution in [1.82, 2.24) is 14.8 Å². The number of halogens is 1. The van der Waals surface area contributed by atoms with Gasteiger partial charge in [0.15, 0.2) is 0 Å². The lowest BCUT2D eigenvalue weighted by Gasteiger charge is -2.16. The van der Waals surface area contributed by atoms with Gasteiger partial charge in [-0.3, -0.25) is 9.78 Å². The zero-order valence-electron chi connectivity index (χ0n) is 13.9. The Labute approximate surface area is 145 Å². The van der Waals surface area contributed by atoms with Crippen molar-refractivity contribution in [3.8, 4) is 5.69 Å². The number of carbonyl (C=O) groups excluding carboxylic acids is 1. The van der Waals surface area contributed by atoms with E-state index in [4.69, 9.17) is 0 Å². The fourth-order valence-corrected chi connectivity index (χ4v) is 3.16. The minimum atomic E-state index is -0.404. The van der Waals surface area contributed by atoms with Crippen molar-refractivity contribution < 1.29 is 9.18 Å². The monoisotopic (exact) mass is 348 g/mol. The quantitative estimate of drug-likeness (QED) is 0.720. The molecule has 1 aliphatic carbocycles. The molecular formula is C17H21FN4OS. The molecule has 1 aliphatic rings. The summed E-state index contributed by atoms with van der Waals surface area (Å²) in [5.41, 5.74) is 2.29. The van der Waals surface area contributed by atoms with E-state index < -0.39 is 5.82 Å². The van der Waals surface area contributed by atoms with Gasteiger partial charge in [0.05, 0.1) is 35.7 Å². The summed E-state index contributed by atoms with van der Waals surface area (Å²) in [6.07, 6.45) is 7.20. The fourth-order valence-electron chi connectivity index (χ4n) is 2.55. The van der Waals surface area contributed by atoms with Crippen LogP contribution in [-0.4, -0.2) is 39.2 Å². The molecule has 0 spiro atoms. The van der Waals surface area contributed by atoms with E-state index in [1.54, 1.807) is 40.8 Å². The van der Waals surface area contributed by atoms with Crippen LogP contribution in [0.3, 0.4) is 0 Å². The number of aromatic nitrogens is 3. The molecule has 1 fully saturated rings. The van der Waals surface area contributed by atoms with Crippen LogP contribution < -0.4 is 4.90 Å². The molecule has 0 aromatic carbocycles. The zero-order chi connectivity index (χ0) is 17.1. The van der Waals surface area contributed by atoms with Gasteiger partial charge < -0.3 is 4.90 Å². The van der Waals surface area contributed by atoms with Crippen molar-refractivity contribution in [2.45, 2.75) is 32.1 Å². The predicted octanol–water partition coefficient (Wildman–Crippen LogP) is 3.39. The molecule has 0 bridgehead atoms. The maximum atomic E-state index is 13.4. The Bertz CT molecular complexity index is 729. The molecule has 128 valence electrons. The molecule has 0 atom stereocenters. The normalized spacial score (nSPS) is 14.0. The Balaban J connectivity index is 1.85. The summed E-state index contributed by atoms with van der Waals surface area (Å²) in [7, 11) is 1.79. The summed E-state index contributed by atoms with van der Waals surface area (Å²) in [4.78, 5) is 18.0. The Hall–Kier alpha value is -1.89. The summed E-state index contributed by atoms with van der Waals surface area (Å²) >= 11 is 1.76. The van der Waals surface area contributed by atoms with Gasteiger partial charge in [-0.05, 0) is 18.6 Å². The summed E-state index contributed by atoms with van der Waals surface area (Å²) in [5, 5.41) is 4.59. The first-order valence-electron chi connectivity index (χ1n) is 8.15. The van der Waals surface area contributed by atoms with Crippen molar-refractivity contribution in [3.05, 3.63) is 36.2 Å². The van der Waals surface area contributed by atoms with Crippen LogP contribution in [0.1, 0.15) is 37.8 Å². The number of rotatable bonds is 7. The minimum Gasteiger partial charge on any atom is -0.312 e. The van der Waals surface area contributed by atoms with E-state index in [2.05, 4.69) is 17.0 Å². The number of thioether (sulfide) groups is 1. The highest BCUT2D eigenvalue weighted by Gasteiger charge is 2.31. The van der Waals surface area contributed by atoms with Crippen LogP contribution in [0.25, 0.3) is 5.69 Å². The number of anilines is 1. The van der Waals surface area contributed by atoms with Gasteiger partial charge in [0, 0.05) is 31.2 Å². The maximum Gasteiger partial charge on any atom is 0.227 e. The van der Waals surface area contributed by atoms with Crippen LogP contribution in [0, 0.1) is 5.82 Å². The molecule has 1 amide bonds. The van der Waals surface area contributed by atoms with Gasteiger partial charge in [0.1, 0.15) is 5.82 Å². The van der Waals surface area contributed by atoms with Crippen molar-refractivity contribution >= 4 is 23.4 Å². The first-order valence-corrected chi connectivity index (χ1v) is 9.30. The van der Waals surface area contributed by atoms with Crippen LogP contribution in [0.4, 0.5) is 10.1 Å². The maximum absolute atomic E-state index is 13.4. The van der Waals surface area contributed by atoms with E-state index in [0.717, 1.165) is 41.9 Å². The number of pyridine rings is 1. The summed E-state index contributed by atoms with van der Waals surface area (Å²) in [6, 6.07) is 1.39. The number of carbonyl (C=O) groups is 1. The van der Waals surface area contributed by atoms with Crippen LogP contribution in [-0.2, 0) is 4.79 Å². The van der Waals surface area contributed by atoms with E-state index in [0.29, 0.717) is 18.0 Å². The number of hydrogen-bond acceptors (Lipinski definition) is 4. The summed E-state index contributed by atoms with van der Waals surface area (Å²) < 4.78 is 15.0. The molecule has 5 nitrogen and oxygen atoms in total. The molecule has 2 aromatic heterocycles. The first kappa shape index (κ1) is 17.0. The first-order chi connectivity index (χ1) is 11.6. The SMILES string of the molecule is CCSCCC(=O)N(C)c1cn(-c2cncc(F)c2)nc1C1CC1. The molecule has 2 heterocycles. The number of amides is 1. The molecule has 1 saturated carbocycles. The molecule has 0 N–H and O–H groups in total. The highest BCUT2D eigenvalue weighted by atomic mass is 32.2. The zero-order valence-corrected chi connectivity index (χ0v) is 14.7. The third kappa shape index (κ3) is 3.77. The molecule has 2 aromatic rings. The largest absolute Gasteiger partial charge is 0.312 e. The Morgan fingerprint density at radius 2 is 2.25 bits per heavy atom. The molecule has 7 heteroatoms. The molecule has 0 radical (unpaired) electrons. The third-order valence-corrected chi connectivity index (χ3v) is 4.94. The van der Waals surface area contributed by atoms with Crippen LogP contribution in [0.5, 0.6) is 0 Å². The van der Waals surface area contributed by atoms with Gasteiger partial charge in [-0.1, -0.05) is 6.92 Å². The molecular weight excluding hydrogens is 327 g/mol. The molecule has 3 rings (SSSR count). The van der Waals surface area contributed by atoms with Crippen molar-refractivity contribution in [1.29, 1.82) is 0 Å². The Morgan fingerprint density at radius 3 is 2.92 bits per heavy atom. The topological polar surface area (TPSA) is 51.0 Å². The second kappa shape index (κ2) is 7.34. The summed E-state index contributed by atoms with van der Waals surface area (Å²) in [5.74, 6) is 1.89. The van der Waals surface area contributed by atoms with E-state index in [1.165, 1.54) is 6.07 Å². The van der Waals surface area contributed by atoms with E-state index in [-0.39, 0.29) is 5.91 Å². The van der Waals surface area contributed by atoms with Gasteiger partial charge in [-0.2, -0.15) is 16.9 Å². The average molecular weight is 348 g/mol. The van der Waals surface area contributed by atoms with Gasteiger partial charge in [0.25, 0.3) is 0 Å². The molecule has 0 aliphatic heterocycles. The van der Waals surface area contributed by atoms with Crippen LogP contribution in [0.15, 0.2) is 24.7 Å². The standard InChI is InChI=1S/C17H21FN4OS/c1-3-24-7-6-16(23)21(2)15-11-22(20-17(15)12-4-5-12)14-8-13(18)9-19-10-14/h8-12H,3-7H2,1-2H3. The smallest absolute Gasteiger partial charge is 0.227 e. The second-order valence-electron chi connectivity index (χ2n) is 5.88. The summed E-state index contributed by atoms with van der Waals surface area (Å²) in [6.45, 7) is 2.08. The molecule has 24 heavy (non-hydrogen) atoms. The van der Waals surface area contributed by atoms with Crippen molar-refractivity contribution in [2.75, 3.05) is 23.5 Å². The predicted molar refractivity (Wildman–Crippen MR) is 94.3 cm³/mol. The lowest BCUT2D eigenvalue weighted by atomic mass is 10.2. The fraction of sp³-hybridized carbons (Fsp3) is 0.471. The van der Waals surface area contributed by atoms with Crippen molar-refractivity contribution in [2.24, 2.45) is 0 Å². The van der Waals surface area contributed by atoms with E-state index >= 15 is 0 Å².